The molecule has 4 rings (SSSR count). The smallest absolute Gasteiger partial charge is 0.275 e. The fourth-order valence-electron chi connectivity index (χ4n) is 4.21. The highest BCUT2D eigenvalue weighted by Gasteiger charge is 2.39. The quantitative estimate of drug-likeness (QED) is 0.327. The van der Waals surface area contributed by atoms with E-state index in [0.717, 1.165) is 5.56 Å². The number of nitrogens with one attached hydrogen (secondary N) is 2. The van der Waals surface area contributed by atoms with Crippen LogP contribution >= 0.6 is 11.3 Å². The number of anilines is 3. The van der Waals surface area contributed by atoms with Crippen LogP contribution in [0.3, 0.4) is 0 Å². The molecule has 6 N–H and O–H groups in total. The van der Waals surface area contributed by atoms with Crippen LogP contribution in [-0.2, 0) is 4.79 Å². The van der Waals surface area contributed by atoms with Crippen LogP contribution in [-0.4, -0.2) is 53.6 Å². The summed E-state index contributed by atoms with van der Waals surface area (Å²) in [6.45, 7) is 4.70. The number of halogens is 1. The fraction of sp³-hybridized carbons (Fsp3) is 0.360. The number of benzene rings is 1. The number of rotatable bonds is 8. The van der Waals surface area contributed by atoms with Crippen LogP contribution in [0.15, 0.2) is 35.8 Å². The first-order valence-corrected chi connectivity index (χ1v) is 12.7. The van der Waals surface area contributed by atoms with Crippen molar-refractivity contribution in [3.8, 4) is 16.5 Å². The summed E-state index contributed by atoms with van der Waals surface area (Å²) >= 11 is 1.31. The Kier molecular flexibility index (Phi) is 7.60. The van der Waals surface area contributed by atoms with Crippen molar-refractivity contribution >= 4 is 40.2 Å². The molecule has 2 aromatic heterocycles. The van der Waals surface area contributed by atoms with Gasteiger partial charge in [0.2, 0.25) is 11.8 Å². The Balaban J connectivity index is 1.52. The molecule has 37 heavy (non-hydrogen) atoms. The van der Waals surface area contributed by atoms with Gasteiger partial charge in [-0.3, -0.25) is 9.59 Å². The van der Waals surface area contributed by atoms with Crippen LogP contribution < -0.4 is 31.7 Å². The summed E-state index contributed by atoms with van der Waals surface area (Å²) in [5.74, 6) is -0.971. The van der Waals surface area contributed by atoms with E-state index in [1.807, 2.05) is 24.8 Å². The number of amides is 2. The summed E-state index contributed by atoms with van der Waals surface area (Å²) in [5.41, 5.74) is 12.3. The number of carbonyl (C=O) groups is 2. The molecule has 2 amide bonds. The normalized spacial score (nSPS) is 15.0. The number of primary amides is 1. The predicted molar refractivity (Wildman–Crippen MR) is 142 cm³/mol. The lowest BCUT2D eigenvalue weighted by Crippen LogP contribution is -2.59. The second kappa shape index (κ2) is 10.7. The Morgan fingerprint density at radius 3 is 2.57 bits per heavy atom. The number of likely N-dealkylation sites (N-methyl/N-ethyl adjacent to an activating group) is 1. The Morgan fingerprint density at radius 2 is 1.97 bits per heavy atom. The highest BCUT2D eigenvalue weighted by atomic mass is 32.1. The zero-order valence-corrected chi connectivity index (χ0v) is 21.7. The largest absolute Gasteiger partial charge is 0.475 e. The van der Waals surface area contributed by atoms with Crippen molar-refractivity contribution in [2.75, 3.05) is 36.1 Å². The topological polar surface area (TPSA) is 148 Å². The average Bonchev–Trinajstić information content (AvgIpc) is 3.37. The van der Waals surface area contributed by atoms with Gasteiger partial charge in [-0.25, -0.2) is 14.4 Å². The first-order valence-electron chi connectivity index (χ1n) is 11.8. The summed E-state index contributed by atoms with van der Waals surface area (Å²) in [5, 5.41) is 8.11. The SMILES string of the molecule is CNC1(C(N)=O)CCN(c2cc(F)c(N)cc2NC(=O)c2csc(-c3ccc(OC(C)C)nc3)n2)CC1. The highest BCUT2D eigenvalue weighted by Crippen LogP contribution is 2.35. The molecule has 1 aliphatic rings. The molecule has 0 radical (unpaired) electrons. The molecule has 0 aliphatic carbocycles. The van der Waals surface area contributed by atoms with Crippen LogP contribution in [0.1, 0.15) is 37.2 Å². The van der Waals surface area contributed by atoms with E-state index in [0.29, 0.717) is 48.2 Å². The van der Waals surface area contributed by atoms with Gasteiger partial charge in [0, 0.05) is 42.4 Å². The number of aromatic nitrogens is 2. The monoisotopic (exact) mass is 527 g/mol. The number of nitrogens with zero attached hydrogens (tertiary/aromatic N) is 3. The van der Waals surface area contributed by atoms with Crippen molar-refractivity contribution in [2.24, 2.45) is 5.73 Å². The van der Waals surface area contributed by atoms with E-state index in [1.54, 1.807) is 24.7 Å². The summed E-state index contributed by atoms with van der Waals surface area (Å²) in [6, 6.07) is 6.27. The number of piperidine rings is 1. The van der Waals surface area contributed by atoms with Gasteiger partial charge in [-0.1, -0.05) is 0 Å². The van der Waals surface area contributed by atoms with E-state index in [-0.39, 0.29) is 17.5 Å². The van der Waals surface area contributed by atoms with E-state index >= 15 is 0 Å². The third kappa shape index (κ3) is 5.65. The van der Waals surface area contributed by atoms with Gasteiger partial charge >= 0.3 is 0 Å². The highest BCUT2D eigenvalue weighted by molar-refractivity contribution is 7.13. The molecule has 12 heteroatoms. The molecule has 0 saturated carbocycles. The molecular weight excluding hydrogens is 497 g/mol. The number of hydrogen-bond donors (Lipinski definition) is 4. The summed E-state index contributed by atoms with van der Waals surface area (Å²) < 4.78 is 20.0. The van der Waals surface area contributed by atoms with E-state index in [9.17, 15) is 14.0 Å². The van der Waals surface area contributed by atoms with Crippen molar-refractivity contribution in [3.63, 3.8) is 0 Å². The predicted octanol–water partition coefficient (Wildman–Crippen LogP) is 3.01. The Morgan fingerprint density at radius 1 is 1.24 bits per heavy atom. The Hall–Kier alpha value is -3.77. The Labute approximate surface area is 218 Å². The summed E-state index contributed by atoms with van der Waals surface area (Å²) in [4.78, 5) is 35.7. The average molecular weight is 528 g/mol. The van der Waals surface area contributed by atoms with Gasteiger partial charge in [-0.2, -0.15) is 0 Å². The number of nitrogens with two attached hydrogens (primary N) is 2. The minimum Gasteiger partial charge on any atom is -0.475 e. The minimum atomic E-state index is -0.822. The first kappa shape index (κ1) is 26.3. The number of ether oxygens (including phenoxy) is 1. The fourth-order valence-corrected chi connectivity index (χ4v) is 5.00. The molecule has 0 spiro atoms. The number of pyridine rings is 1. The van der Waals surface area contributed by atoms with Crippen molar-refractivity contribution in [3.05, 3.63) is 47.4 Å². The van der Waals surface area contributed by atoms with Gasteiger partial charge in [0.1, 0.15) is 22.1 Å². The zero-order chi connectivity index (χ0) is 26.7. The van der Waals surface area contributed by atoms with E-state index < -0.39 is 23.2 Å². The van der Waals surface area contributed by atoms with Gasteiger partial charge in [0.25, 0.3) is 5.91 Å². The second-order valence-electron chi connectivity index (χ2n) is 9.12. The molecule has 3 heterocycles. The van der Waals surface area contributed by atoms with E-state index in [1.165, 1.54) is 23.5 Å². The van der Waals surface area contributed by atoms with E-state index in [4.69, 9.17) is 16.2 Å². The van der Waals surface area contributed by atoms with Crippen LogP contribution in [0.25, 0.3) is 10.6 Å². The first-order chi connectivity index (χ1) is 17.6. The van der Waals surface area contributed by atoms with Crippen LogP contribution in [0.5, 0.6) is 5.88 Å². The maximum Gasteiger partial charge on any atom is 0.275 e. The number of hydrogen-bond acceptors (Lipinski definition) is 9. The molecule has 1 fully saturated rings. The van der Waals surface area contributed by atoms with Crippen molar-refractivity contribution in [1.82, 2.24) is 15.3 Å². The molecule has 10 nitrogen and oxygen atoms in total. The summed E-state index contributed by atoms with van der Waals surface area (Å²) in [7, 11) is 1.70. The third-order valence-corrected chi connectivity index (χ3v) is 7.24. The van der Waals surface area contributed by atoms with Gasteiger partial charge in [-0.15, -0.1) is 11.3 Å². The van der Waals surface area contributed by atoms with Crippen molar-refractivity contribution in [2.45, 2.75) is 38.3 Å². The van der Waals surface area contributed by atoms with Crippen LogP contribution in [0.4, 0.5) is 21.5 Å². The van der Waals surface area contributed by atoms with Gasteiger partial charge in [-0.05, 0) is 45.9 Å². The molecule has 3 aromatic rings. The molecule has 1 aliphatic heterocycles. The summed E-state index contributed by atoms with van der Waals surface area (Å²) in [6.07, 6.45) is 2.52. The zero-order valence-electron chi connectivity index (χ0n) is 20.9. The van der Waals surface area contributed by atoms with Crippen molar-refractivity contribution < 1.29 is 18.7 Å². The molecule has 0 unspecified atom stereocenters. The molecule has 0 atom stereocenters. The molecule has 196 valence electrons. The molecule has 1 aromatic carbocycles. The molecule has 1 saturated heterocycles. The third-order valence-electron chi connectivity index (χ3n) is 6.35. The standard InChI is InChI=1S/C25H30FN7O3S/c1-14(2)36-21-5-4-15(12-30-21)23-32-19(13-37-23)22(34)31-18-11-17(27)16(26)10-20(18)33-8-6-25(29-3,7-9-33)24(28)35/h4-5,10-14,29H,6-9,27H2,1-3H3,(H2,28,35)(H,31,34). The second-order valence-corrected chi connectivity index (χ2v) is 9.98. The van der Waals surface area contributed by atoms with Gasteiger partial charge in [0.15, 0.2) is 0 Å². The molecule has 0 bridgehead atoms. The van der Waals surface area contributed by atoms with Crippen LogP contribution in [0.2, 0.25) is 0 Å². The lowest BCUT2D eigenvalue weighted by molar-refractivity contribution is -0.125. The van der Waals surface area contributed by atoms with Crippen molar-refractivity contribution in [1.29, 1.82) is 0 Å². The maximum atomic E-state index is 14.4. The number of nitrogen functional groups attached to an aromatic ring is 1. The van der Waals surface area contributed by atoms with E-state index in [2.05, 4.69) is 20.6 Å². The Bertz CT molecular complexity index is 1290. The van der Waals surface area contributed by atoms with Gasteiger partial charge < -0.3 is 31.7 Å². The number of carbonyl (C=O) groups excluding carboxylic acids is 2. The maximum absolute atomic E-state index is 14.4. The van der Waals surface area contributed by atoms with Crippen LogP contribution in [0, 0.1) is 5.82 Å². The lowest BCUT2D eigenvalue weighted by atomic mass is 9.86. The minimum absolute atomic E-state index is 0.0119. The lowest BCUT2D eigenvalue weighted by Gasteiger charge is -2.41. The number of thiazole rings is 1. The van der Waals surface area contributed by atoms with Gasteiger partial charge in [0.05, 0.1) is 23.2 Å². The molecular formula is C25H30FN7O3S.